The molecule has 0 aliphatic heterocycles. The molecule has 0 saturated heterocycles. The SMILES string of the molecule is CC1C=C2CC(CCC23c2ccccc2-c2c(-c4ccc(-c5ccc(-c6ccc(N(c7ccccc7)c7ccc8oc9ccccc9c8c7)cc6)cc5)cc4)cccc23)C1. The van der Waals surface area contributed by atoms with Gasteiger partial charge in [0, 0.05) is 33.2 Å². The van der Waals surface area contributed by atoms with Gasteiger partial charge < -0.3 is 9.32 Å². The molecule has 12 rings (SSSR count). The molecule has 1 spiro atoms. The summed E-state index contributed by atoms with van der Waals surface area (Å²) < 4.78 is 6.16. The lowest BCUT2D eigenvalue weighted by Crippen LogP contribution is -2.36. The number of fused-ring (bicyclic) bond motifs is 11. The standard InChI is InChI=1S/C58H45NO/c1-38-34-39-32-33-58(45(35-38)36-39)53-15-7-5-13-51(53)57-49(14-9-16-54(57)58)44-24-22-42(23-25-44)40-18-20-41(21-19-40)43-26-28-47(29-27-43)59(46-10-3-2-4-11-46)48-30-31-56-52(37-48)50-12-6-8-17-55(50)60-56/h2-31,35,37-39H,32-34,36H2,1H3. The molecular formula is C58H45NO. The van der Waals surface area contributed by atoms with Gasteiger partial charge in [-0.05, 0) is 142 Å². The number of hydrogen-bond acceptors (Lipinski definition) is 2. The van der Waals surface area contributed by atoms with E-state index in [-0.39, 0.29) is 5.41 Å². The summed E-state index contributed by atoms with van der Waals surface area (Å²) in [7, 11) is 0. The van der Waals surface area contributed by atoms with Gasteiger partial charge in [-0.1, -0.05) is 158 Å². The van der Waals surface area contributed by atoms with Crippen LogP contribution in [-0.4, -0.2) is 0 Å². The summed E-state index contributed by atoms with van der Waals surface area (Å²) >= 11 is 0. The molecule has 288 valence electrons. The second-order valence-corrected chi connectivity index (χ2v) is 17.3. The first kappa shape index (κ1) is 35.1. The van der Waals surface area contributed by atoms with Crippen molar-refractivity contribution in [3.63, 3.8) is 0 Å². The number of furan rings is 1. The van der Waals surface area contributed by atoms with Crippen molar-refractivity contribution in [2.75, 3.05) is 4.90 Å². The van der Waals surface area contributed by atoms with Crippen LogP contribution in [0.1, 0.15) is 43.7 Å². The van der Waals surface area contributed by atoms with Gasteiger partial charge in [0.25, 0.3) is 0 Å². The first-order valence-corrected chi connectivity index (χ1v) is 21.6. The van der Waals surface area contributed by atoms with Crippen molar-refractivity contribution in [2.24, 2.45) is 11.8 Å². The molecule has 9 aromatic rings. The highest BCUT2D eigenvalue weighted by atomic mass is 16.3. The molecule has 0 N–H and O–H groups in total. The van der Waals surface area contributed by atoms with E-state index in [1.165, 1.54) is 81.3 Å². The minimum Gasteiger partial charge on any atom is -0.456 e. The predicted molar refractivity (Wildman–Crippen MR) is 250 cm³/mol. The molecule has 0 radical (unpaired) electrons. The van der Waals surface area contributed by atoms with Crippen LogP contribution in [0.2, 0.25) is 0 Å². The Morgan fingerprint density at radius 1 is 0.500 bits per heavy atom. The minimum absolute atomic E-state index is 0.0155. The van der Waals surface area contributed by atoms with Gasteiger partial charge in [-0.3, -0.25) is 0 Å². The van der Waals surface area contributed by atoms with E-state index in [0.29, 0.717) is 5.92 Å². The van der Waals surface area contributed by atoms with Gasteiger partial charge in [0.05, 0.1) is 0 Å². The highest BCUT2D eigenvalue weighted by Crippen LogP contribution is 2.62. The van der Waals surface area contributed by atoms with Crippen molar-refractivity contribution in [2.45, 2.75) is 38.0 Å². The zero-order valence-corrected chi connectivity index (χ0v) is 33.8. The van der Waals surface area contributed by atoms with Crippen LogP contribution in [0.4, 0.5) is 17.1 Å². The lowest BCUT2D eigenvalue weighted by molar-refractivity contribution is 0.284. The highest BCUT2D eigenvalue weighted by Gasteiger charge is 2.50. The van der Waals surface area contributed by atoms with E-state index < -0.39 is 0 Å². The first-order chi connectivity index (χ1) is 29.6. The zero-order valence-electron chi connectivity index (χ0n) is 33.8. The third-order valence-corrected chi connectivity index (χ3v) is 13.9. The van der Waals surface area contributed by atoms with E-state index in [9.17, 15) is 0 Å². The van der Waals surface area contributed by atoms with E-state index in [4.69, 9.17) is 4.42 Å². The highest BCUT2D eigenvalue weighted by molar-refractivity contribution is 6.06. The number of para-hydroxylation sites is 2. The van der Waals surface area contributed by atoms with Crippen molar-refractivity contribution >= 4 is 39.0 Å². The second-order valence-electron chi connectivity index (χ2n) is 17.3. The zero-order chi connectivity index (χ0) is 39.8. The average molecular weight is 772 g/mol. The van der Waals surface area contributed by atoms with E-state index in [1.54, 1.807) is 5.57 Å². The molecule has 2 bridgehead atoms. The van der Waals surface area contributed by atoms with Gasteiger partial charge in [0.15, 0.2) is 0 Å². The van der Waals surface area contributed by atoms with Crippen molar-refractivity contribution in [3.05, 3.63) is 211 Å². The molecular weight excluding hydrogens is 727 g/mol. The Hall–Kier alpha value is -6.90. The van der Waals surface area contributed by atoms with E-state index in [1.807, 2.05) is 12.1 Å². The van der Waals surface area contributed by atoms with Crippen LogP contribution in [0.15, 0.2) is 204 Å². The van der Waals surface area contributed by atoms with Crippen molar-refractivity contribution in [3.8, 4) is 44.5 Å². The van der Waals surface area contributed by atoms with E-state index in [0.717, 1.165) is 44.9 Å². The third-order valence-electron chi connectivity index (χ3n) is 13.9. The summed E-state index contributed by atoms with van der Waals surface area (Å²) in [6.07, 6.45) is 7.75. The molecule has 3 atom stereocenters. The Labute approximate surface area is 352 Å². The Morgan fingerprint density at radius 2 is 1.08 bits per heavy atom. The van der Waals surface area contributed by atoms with Crippen molar-refractivity contribution in [1.29, 1.82) is 0 Å². The van der Waals surface area contributed by atoms with Gasteiger partial charge in [-0.25, -0.2) is 0 Å². The summed E-state index contributed by atoms with van der Waals surface area (Å²) in [4.78, 5) is 2.32. The monoisotopic (exact) mass is 771 g/mol. The third kappa shape index (κ3) is 5.54. The maximum Gasteiger partial charge on any atom is 0.135 e. The number of benzene rings is 8. The summed E-state index contributed by atoms with van der Waals surface area (Å²) in [5.74, 6) is 1.49. The summed E-state index contributed by atoms with van der Waals surface area (Å²) in [6, 6.07) is 68.9. The Morgan fingerprint density at radius 3 is 1.85 bits per heavy atom. The van der Waals surface area contributed by atoms with Crippen LogP contribution in [0.25, 0.3) is 66.4 Å². The minimum atomic E-state index is 0.0155. The fourth-order valence-electron chi connectivity index (χ4n) is 11.2. The van der Waals surface area contributed by atoms with Gasteiger partial charge >= 0.3 is 0 Å². The van der Waals surface area contributed by atoms with Gasteiger partial charge in [-0.15, -0.1) is 0 Å². The average Bonchev–Trinajstić information content (AvgIpc) is 3.82. The number of hydrogen-bond donors (Lipinski definition) is 0. The molecule has 60 heavy (non-hydrogen) atoms. The maximum atomic E-state index is 6.16. The number of nitrogens with zero attached hydrogens (tertiary/aromatic N) is 1. The molecule has 0 amide bonds. The topological polar surface area (TPSA) is 16.4 Å². The second kappa shape index (κ2) is 13.9. The molecule has 2 heteroatoms. The molecule has 1 heterocycles. The van der Waals surface area contributed by atoms with Crippen LogP contribution in [-0.2, 0) is 5.41 Å². The van der Waals surface area contributed by atoms with Crippen LogP contribution in [0.3, 0.4) is 0 Å². The fourth-order valence-corrected chi connectivity index (χ4v) is 11.2. The molecule has 8 aromatic carbocycles. The van der Waals surface area contributed by atoms with Gasteiger partial charge in [-0.2, -0.15) is 0 Å². The van der Waals surface area contributed by atoms with Crippen LogP contribution >= 0.6 is 0 Å². The molecule has 1 aromatic heterocycles. The molecule has 3 aliphatic carbocycles. The number of rotatable bonds is 6. The fraction of sp³-hybridized carbons (Fsp3) is 0.138. The Balaban J connectivity index is 0.831. The molecule has 1 fully saturated rings. The molecule has 2 nitrogen and oxygen atoms in total. The Kier molecular flexibility index (Phi) is 8.10. The predicted octanol–water partition coefficient (Wildman–Crippen LogP) is 16.1. The maximum absolute atomic E-state index is 6.16. The number of allylic oxidation sites excluding steroid dienone is 2. The van der Waals surface area contributed by atoms with Gasteiger partial charge in [0.2, 0.25) is 0 Å². The van der Waals surface area contributed by atoms with Gasteiger partial charge in [0.1, 0.15) is 11.2 Å². The van der Waals surface area contributed by atoms with Crippen molar-refractivity contribution < 1.29 is 4.42 Å². The summed E-state index contributed by atoms with van der Waals surface area (Å²) in [5, 5.41) is 2.25. The number of anilines is 3. The van der Waals surface area contributed by atoms with Crippen LogP contribution in [0.5, 0.6) is 0 Å². The molecule has 3 unspecified atom stereocenters. The summed E-state index contributed by atoms with van der Waals surface area (Å²) in [6.45, 7) is 2.42. The van der Waals surface area contributed by atoms with E-state index in [2.05, 4.69) is 194 Å². The summed E-state index contributed by atoms with van der Waals surface area (Å²) in [5.41, 5.74) is 20.1. The largest absolute Gasteiger partial charge is 0.456 e. The molecule has 3 aliphatic rings. The Bertz CT molecular complexity index is 3100. The van der Waals surface area contributed by atoms with Crippen LogP contribution < -0.4 is 4.90 Å². The smallest absolute Gasteiger partial charge is 0.135 e. The van der Waals surface area contributed by atoms with Crippen molar-refractivity contribution in [1.82, 2.24) is 0 Å². The quantitative estimate of drug-likeness (QED) is 0.157. The first-order valence-electron chi connectivity index (χ1n) is 21.6. The van der Waals surface area contributed by atoms with Crippen LogP contribution in [0, 0.1) is 11.8 Å². The normalized spacial score (nSPS) is 19.0. The van der Waals surface area contributed by atoms with E-state index >= 15 is 0 Å². The lowest BCUT2D eigenvalue weighted by Gasteiger charge is -2.45. The lowest BCUT2D eigenvalue weighted by atomic mass is 9.58. The molecule has 1 saturated carbocycles.